The van der Waals surface area contributed by atoms with E-state index in [2.05, 4.69) is 33.8 Å². The first kappa shape index (κ1) is 39.8. The van der Waals surface area contributed by atoms with Crippen LogP contribution in [0.4, 0.5) is 0 Å². The molecule has 0 radical (unpaired) electrons. The van der Waals surface area contributed by atoms with Gasteiger partial charge in [0.1, 0.15) is 0 Å². The predicted molar refractivity (Wildman–Crippen MR) is 270 cm³/mol. The Balaban J connectivity index is 1.16. The average Bonchev–Trinajstić information content (AvgIpc) is 3.99. The van der Waals surface area contributed by atoms with Crippen molar-refractivity contribution in [1.82, 2.24) is 9.55 Å². The Bertz CT molecular complexity index is 3480. The molecular formula is C56H41N2O3P3. The highest BCUT2D eigenvalue weighted by molar-refractivity contribution is 7.86. The summed E-state index contributed by atoms with van der Waals surface area (Å²) in [7, 11) is -10.1. The molecule has 0 saturated carbocycles. The molecule has 0 fully saturated rings. The molecule has 2 heterocycles. The number of aromatic nitrogens is 2. The molecule has 1 unspecified atom stereocenters. The quantitative estimate of drug-likeness (QED) is 0.139. The van der Waals surface area contributed by atoms with E-state index in [1.807, 2.05) is 218 Å². The molecule has 8 aromatic carbocycles. The zero-order chi connectivity index (χ0) is 43.3. The third kappa shape index (κ3) is 6.43. The van der Waals surface area contributed by atoms with Crippen molar-refractivity contribution in [1.29, 1.82) is 0 Å². The zero-order valence-electron chi connectivity index (χ0n) is 34.6. The van der Waals surface area contributed by atoms with E-state index >= 15 is 13.7 Å². The van der Waals surface area contributed by atoms with Gasteiger partial charge in [-0.25, -0.2) is 0 Å². The topological polar surface area (TPSA) is 71.9 Å². The number of aromatic amines is 1. The third-order valence-corrected chi connectivity index (χ3v) is 21.5. The summed E-state index contributed by atoms with van der Waals surface area (Å²) in [6.45, 7) is 0. The van der Waals surface area contributed by atoms with Crippen LogP contribution in [0.1, 0.15) is 0 Å². The number of nitrogens with zero attached hydrogens (tertiary/aromatic N) is 1. The van der Waals surface area contributed by atoms with Gasteiger partial charge in [0, 0.05) is 64.6 Å². The molecule has 1 aliphatic heterocycles. The van der Waals surface area contributed by atoms with Crippen molar-refractivity contribution >= 4 is 91.1 Å². The predicted octanol–water partition coefficient (Wildman–Crippen LogP) is 10.1. The van der Waals surface area contributed by atoms with E-state index in [0.29, 0.717) is 16.0 Å². The van der Waals surface area contributed by atoms with E-state index in [9.17, 15) is 0 Å². The van der Waals surface area contributed by atoms with E-state index in [4.69, 9.17) is 0 Å². The summed E-state index contributed by atoms with van der Waals surface area (Å²) in [6, 6.07) is 78.8. The summed E-state index contributed by atoms with van der Waals surface area (Å²) >= 11 is 0. The Morgan fingerprint density at radius 3 is 1.14 bits per heavy atom. The third-order valence-electron chi connectivity index (χ3n) is 12.4. The van der Waals surface area contributed by atoms with Crippen molar-refractivity contribution < 1.29 is 13.7 Å². The maximum Gasteiger partial charge on any atom is 0.186 e. The van der Waals surface area contributed by atoms with Crippen LogP contribution in [0.5, 0.6) is 0 Å². The first-order valence-electron chi connectivity index (χ1n) is 21.2. The second kappa shape index (κ2) is 16.0. The van der Waals surface area contributed by atoms with Crippen molar-refractivity contribution in [2.45, 2.75) is 0 Å². The molecule has 64 heavy (non-hydrogen) atoms. The summed E-state index contributed by atoms with van der Waals surface area (Å²) in [5.74, 6) is 0. The molecule has 1 aliphatic carbocycles. The van der Waals surface area contributed by atoms with Crippen LogP contribution in [-0.4, -0.2) is 9.55 Å². The Kier molecular flexibility index (Phi) is 9.94. The standard InChI is InChI=1S/C56H41N2O3P3/c59-62(43-18-6-1-7-19-43,44-20-8-2-9-21-44)48-32-30-42(31-33-48)58-54-36-34-49(63(60,45-22-10-3-11-23-45)46-24-12-4-13-25-46)39-51(54)52-40-50(35-37-55(52)58)64(61,47-26-14-5-15-27-47)56-38-29-41-17-16-28-53(41)57-56/h1-40,57H. The largest absolute Gasteiger partial charge is 0.352 e. The molecule has 5 nitrogen and oxygen atoms in total. The Labute approximate surface area is 372 Å². The molecule has 1 aromatic heterocycles. The number of nitrogens with one attached hydrogen (secondary N) is 1. The van der Waals surface area contributed by atoms with E-state index < -0.39 is 21.4 Å². The summed E-state index contributed by atoms with van der Waals surface area (Å²) in [4.78, 5) is 3.54. The molecule has 1 N–H and O–H groups in total. The minimum Gasteiger partial charge on any atom is -0.352 e. The second-order valence-corrected chi connectivity index (χ2v) is 24.3. The van der Waals surface area contributed by atoms with Gasteiger partial charge in [0.15, 0.2) is 21.4 Å². The van der Waals surface area contributed by atoms with Crippen LogP contribution in [0.3, 0.4) is 0 Å². The minimum absolute atomic E-state index is 0.635. The Morgan fingerprint density at radius 1 is 0.312 bits per heavy atom. The molecular weight excluding hydrogens is 842 g/mol. The lowest BCUT2D eigenvalue weighted by atomic mass is 10.1. The van der Waals surface area contributed by atoms with Gasteiger partial charge >= 0.3 is 0 Å². The van der Waals surface area contributed by atoms with Crippen LogP contribution in [0.2, 0.25) is 0 Å². The molecule has 8 heteroatoms. The van der Waals surface area contributed by atoms with Gasteiger partial charge in [-0.15, -0.1) is 0 Å². The number of benzene rings is 8. The highest BCUT2D eigenvalue weighted by Gasteiger charge is 2.34. The first-order chi connectivity index (χ1) is 31.4. The van der Waals surface area contributed by atoms with Gasteiger partial charge < -0.3 is 23.2 Å². The van der Waals surface area contributed by atoms with Gasteiger partial charge in [-0.05, 0) is 78.4 Å². The molecule has 0 saturated heterocycles. The SMILES string of the molecule is O=P(c1ccccc1)(c1ccccc1)c1ccc(-n2c3ccc(P(=O)(c4ccccc4)c4ccccc4)cc3c3cc(P(=O)(c4ccccc4)c4ccc5cccc-5[nH]4)ccc32)cc1. The lowest BCUT2D eigenvalue weighted by Crippen LogP contribution is -2.27. The number of hydrogen-bond acceptors (Lipinski definition) is 3. The molecule has 0 bridgehead atoms. The maximum atomic E-state index is 16.1. The molecule has 0 spiro atoms. The number of fused-ring (bicyclic) bond motifs is 4. The average molecular weight is 883 g/mol. The number of rotatable bonds is 10. The van der Waals surface area contributed by atoms with E-state index in [1.165, 1.54) is 0 Å². The Morgan fingerprint density at radius 2 is 0.688 bits per heavy atom. The number of H-pyrrole nitrogens is 1. The summed E-state index contributed by atoms with van der Waals surface area (Å²) in [5.41, 5.74) is 5.25. The van der Waals surface area contributed by atoms with Crippen molar-refractivity contribution in [3.8, 4) is 16.9 Å². The number of pyridine rings is 1. The fourth-order valence-electron chi connectivity index (χ4n) is 9.22. The van der Waals surface area contributed by atoms with Crippen molar-refractivity contribution in [2.75, 3.05) is 0 Å². The highest BCUT2D eigenvalue weighted by atomic mass is 31.2. The minimum atomic E-state index is -3.48. The van der Waals surface area contributed by atoms with Crippen LogP contribution in [-0.2, 0) is 13.7 Å². The van der Waals surface area contributed by atoms with Crippen LogP contribution >= 0.6 is 21.4 Å². The van der Waals surface area contributed by atoms with Crippen molar-refractivity contribution in [3.63, 3.8) is 0 Å². The fourth-order valence-corrected chi connectivity index (χ4v) is 17.1. The van der Waals surface area contributed by atoms with E-state index in [-0.39, 0.29) is 0 Å². The normalized spacial score (nSPS) is 13.0. The fraction of sp³-hybridized carbons (Fsp3) is 0. The van der Waals surface area contributed by atoms with Crippen LogP contribution < -0.4 is 47.9 Å². The first-order valence-corrected chi connectivity index (χ1v) is 26.4. The van der Waals surface area contributed by atoms with Gasteiger partial charge in [-0.2, -0.15) is 0 Å². The maximum absolute atomic E-state index is 16.1. The molecule has 1 atom stereocenters. The van der Waals surface area contributed by atoms with Crippen LogP contribution in [0, 0.1) is 0 Å². The second-order valence-electron chi connectivity index (χ2n) is 16.0. The summed E-state index contributed by atoms with van der Waals surface area (Å²) in [6.07, 6.45) is 0. The summed E-state index contributed by atoms with van der Waals surface area (Å²) in [5, 5.41) is 7.59. The molecule has 2 aliphatic rings. The summed E-state index contributed by atoms with van der Waals surface area (Å²) < 4.78 is 49.5. The van der Waals surface area contributed by atoms with Crippen LogP contribution in [0.25, 0.3) is 38.8 Å². The van der Waals surface area contributed by atoms with Crippen LogP contribution in [0.15, 0.2) is 243 Å². The van der Waals surface area contributed by atoms with Crippen molar-refractivity contribution in [2.24, 2.45) is 0 Å². The van der Waals surface area contributed by atoms with Crippen molar-refractivity contribution in [3.05, 3.63) is 243 Å². The van der Waals surface area contributed by atoms with Gasteiger partial charge in [-0.1, -0.05) is 170 Å². The van der Waals surface area contributed by atoms with Gasteiger partial charge in [0.25, 0.3) is 0 Å². The Hall–Kier alpha value is -6.99. The van der Waals surface area contributed by atoms with Gasteiger partial charge in [-0.3, -0.25) is 0 Å². The zero-order valence-corrected chi connectivity index (χ0v) is 37.3. The lowest BCUT2D eigenvalue weighted by molar-refractivity contribution is 0.591. The lowest BCUT2D eigenvalue weighted by Gasteiger charge is -2.21. The van der Waals surface area contributed by atoms with E-state index in [1.54, 1.807) is 0 Å². The molecule has 0 amide bonds. The monoisotopic (exact) mass is 882 g/mol. The number of hydrogen-bond donors (Lipinski definition) is 1. The molecule has 11 rings (SSSR count). The smallest absolute Gasteiger partial charge is 0.186 e. The van der Waals surface area contributed by atoms with E-state index in [0.717, 1.165) is 70.6 Å². The highest BCUT2D eigenvalue weighted by Crippen LogP contribution is 2.47. The molecule has 9 aromatic rings. The van der Waals surface area contributed by atoms with Gasteiger partial charge in [0.2, 0.25) is 0 Å². The van der Waals surface area contributed by atoms with Gasteiger partial charge in [0.05, 0.1) is 16.5 Å². The molecule has 308 valence electrons.